The maximum absolute atomic E-state index is 12.8. The smallest absolute Gasteiger partial charge is 0.283 e. The summed E-state index contributed by atoms with van der Waals surface area (Å²) in [6.07, 6.45) is 1.63. The molecule has 9 nitrogen and oxygen atoms in total. The van der Waals surface area contributed by atoms with Crippen LogP contribution in [0, 0.1) is 12.3 Å². The highest BCUT2D eigenvalue weighted by Crippen LogP contribution is 2.32. The molecular formula is C25H25N5O4S. The highest BCUT2D eigenvalue weighted by Gasteiger charge is 2.37. The van der Waals surface area contributed by atoms with E-state index in [0.717, 1.165) is 23.8 Å². The van der Waals surface area contributed by atoms with Crippen molar-refractivity contribution in [2.45, 2.75) is 13.5 Å². The van der Waals surface area contributed by atoms with Gasteiger partial charge in [0.15, 0.2) is 22.5 Å². The Balaban J connectivity index is 1.34. The zero-order chi connectivity index (χ0) is 24.4. The van der Waals surface area contributed by atoms with Crippen molar-refractivity contribution in [1.82, 2.24) is 9.91 Å². The van der Waals surface area contributed by atoms with Gasteiger partial charge in [-0.2, -0.15) is 10.0 Å². The first-order valence-electron chi connectivity index (χ1n) is 11.2. The molecule has 35 heavy (non-hydrogen) atoms. The standard InChI is InChI=1S/C25H25N5O4S/c1-16-4-3-5-18(12-16)15-34-20-7-6-17(14-21(20)32-2)13-19-22(26)30-24(27-23(19)31)35-25(28-30)29-8-10-33-11-9-29/h3-7,12-14,26H,8-11,15H2,1-2H3/b19-13+,26-22?. The fraction of sp³-hybridized carbons (Fsp3) is 0.280. The molecule has 0 radical (unpaired) electrons. The molecule has 1 N–H and O–H groups in total. The lowest BCUT2D eigenvalue weighted by Gasteiger charge is -2.26. The van der Waals surface area contributed by atoms with E-state index in [9.17, 15) is 4.79 Å². The van der Waals surface area contributed by atoms with E-state index in [2.05, 4.69) is 21.1 Å². The van der Waals surface area contributed by atoms with Gasteiger partial charge in [-0.05, 0) is 48.0 Å². The summed E-state index contributed by atoms with van der Waals surface area (Å²) in [5, 5.41) is 15.7. The maximum atomic E-state index is 12.8. The third-order valence-corrected chi connectivity index (χ3v) is 6.67. The normalized spacial score (nSPS) is 19.0. The molecule has 2 aromatic carbocycles. The van der Waals surface area contributed by atoms with Gasteiger partial charge in [-0.3, -0.25) is 10.2 Å². The van der Waals surface area contributed by atoms with Crippen molar-refractivity contribution in [3.63, 3.8) is 0 Å². The minimum Gasteiger partial charge on any atom is -0.493 e. The number of fused-ring (bicyclic) bond motifs is 1. The van der Waals surface area contributed by atoms with Gasteiger partial charge in [0.05, 0.1) is 25.9 Å². The van der Waals surface area contributed by atoms with Gasteiger partial charge in [0, 0.05) is 13.1 Å². The number of benzene rings is 2. The fourth-order valence-electron chi connectivity index (χ4n) is 3.89. The third kappa shape index (κ3) is 4.94. The van der Waals surface area contributed by atoms with Crippen molar-refractivity contribution < 1.29 is 19.0 Å². The van der Waals surface area contributed by atoms with Crippen LogP contribution in [0.1, 0.15) is 16.7 Å². The van der Waals surface area contributed by atoms with E-state index in [4.69, 9.17) is 19.6 Å². The van der Waals surface area contributed by atoms with Gasteiger partial charge in [-0.25, -0.2) is 0 Å². The lowest BCUT2D eigenvalue weighted by Crippen LogP contribution is -2.39. The summed E-state index contributed by atoms with van der Waals surface area (Å²) in [5.41, 5.74) is 3.09. The van der Waals surface area contributed by atoms with Gasteiger partial charge in [0.1, 0.15) is 6.61 Å². The number of hydrogen-bond donors (Lipinski definition) is 1. The number of ether oxygens (including phenoxy) is 3. The van der Waals surface area contributed by atoms with E-state index in [1.54, 1.807) is 25.3 Å². The molecule has 3 aliphatic rings. The molecule has 3 aliphatic heterocycles. The molecule has 0 atom stereocenters. The number of aliphatic imine (C=N–C) groups is 1. The second kappa shape index (κ2) is 9.93. The highest BCUT2D eigenvalue weighted by molar-refractivity contribution is 8.26. The van der Waals surface area contributed by atoms with Crippen molar-refractivity contribution in [1.29, 1.82) is 5.41 Å². The molecule has 1 amide bonds. The van der Waals surface area contributed by atoms with Crippen molar-refractivity contribution in [3.8, 4) is 11.5 Å². The van der Waals surface area contributed by atoms with Crippen LogP contribution < -0.4 is 9.47 Å². The van der Waals surface area contributed by atoms with Crippen LogP contribution in [0.25, 0.3) is 6.08 Å². The Hall–Kier alpha value is -3.63. The van der Waals surface area contributed by atoms with Gasteiger partial charge < -0.3 is 19.1 Å². The first-order chi connectivity index (χ1) is 17.0. The number of rotatable bonds is 5. The third-order valence-electron chi connectivity index (χ3n) is 5.70. The maximum Gasteiger partial charge on any atom is 0.283 e. The molecular weight excluding hydrogens is 466 g/mol. The molecule has 3 heterocycles. The van der Waals surface area contributed by atoms with Gasteiger partial charge >= 0.3 is 0 Å². The first kappa shape index (κ1) is 23.1. The molecule has 2 aromatic rings. The number of methoxy groups -OCH3 is 1. The van der Waals surface area contributed by atoms with Crippen molar-refractivity contribution >= 4 is 39.9 Å². The van der Waals surface area contributed by atoms with Crippen LogP contribution in [0.4, 0.5) is 0 Å². The summed E-state index contributed by atoms with van der Waals surface area (Å²) >= 11 is 1.30. The molecule has 0 aliphatic carbocycles. The molecule has 0 unspecified atom stereocenters. The number of hydrazone groups is 1. The SMILES string of the molecule is COc1cc(/C=C2\C(=N)N3N=C(N4CCOCC4)SC3=NC2=O)ccc1OCc1cccc(C)c1. The molecule has 0 bridgehead atoms. The lowest BCUT2D eigenvalue weighted by molar-refractivity contribution is -0.114. The van der Waals surface area contributed by atoms with Crippen LogP contribution >= 0.6 is 11.8 Å². The van der Waals surface area contributed by atoms with Gasteiger partial charge in [0.25, 0.3) is 5.91 Å². The van der Waals surface area contributed by atoms with E-state index in [0.29, 0.717) is 42.1 Å². The number of nitrogens with zero attached hydrogens (tertiary/aromatic N) is 4. The molecule has 10 heteroatoms. The van der Waals surface area contributed by atoms with Crippen molar-refractivity contribution in [2.24, 2.45) is 10.1 Å². The quantitative estimate of drug-likeness (QED) is 0.639. The molecule has 0 saturated carbocycles. The number of aryl methyl sites for hydroxylation is 1. The summed E-state index contributed by atoms with van der Waals surface area (Å²) in [7, 11) is 1.57. The highest BCUT2D eigenvalue weighted by atomic mass is 32.2. The molecule has 1 fully saturated rings. The number of carbonyl (C=O) groups excluding carboxylic acids is 1. The van der Waals surface area contributed by atoms with E-state index >= 15 is 0 Å². The number of carbonyl (C=O) groups is 1. The minimum absolute atomic E-state index is 0.00509. The second-order valence-corrected chi connectivity index (χ2v) is 9.12. The van der Waals surface area contributed by atoms with Crippen LogP contribution in [0.2, 0.25) is 0 Å². The zero-order valence-corrected chi connectivity index (χ0v) is 20.3. The van der Waals surface area contributed by atoms with Gasteiger partial charge in [-0.15, -0.1) is 5.10 Å². The summed E-state index contributed by atoms with van der Waals surface area (Å²) < 4.78 is 16.9. The zero-order valence-electron chi connectivity index (χ0n) is 19.5. The number of amidine groups is 3. The minimum atomic E-state index is -0.467. The Morgan fingerprint density at radius 1 is 1.14 bits per heavy atom. The van der Waals surface area contributed by atoms with Crippen LogP contribution in [-0.2, 0) is 16.1 Å². The Kier molecular flexibility index (Phi) is 6.56. The number of amides is 1. The molecule has 180 valence electrons. The van der Waals surface area contributed by atoms with Crippen LogP contribution in [0.15, 0.2) is 58.1 Å². The monoisotopic (exact) mass is 491 g/mol. The average Bonchev–Trinajstić information content (AvgIpc) is 3.30. The van der Waals surface area contributed by atoms with Gasteiger partial charge in [0.2, 0.25) is 5.17 Å². The molecule has 1 saturated heterocycles. The second-order valence-electron chi connectivity index (χ2n) is 8.19. The fourth-order valence-corrected chi connectivity index (χ4v) is 4.83. The van der Waals surface area contributed by atoms with E-state index in [1.807, 2.05) is 31.2 Å². The number of thioether (sulfide) groups is 1. The Labute approximate surface area is 207 Å². The summed E-state index contributed by atoms with van der Waals surface area (Å²) in [6, 6.07) is 13.5. The summed E-state index contributed by atoms with van der Waals surface area (Å²) in [5.74, 6) is 0.660. The van der Waals surface area contributed by atoms with Crippen LogP contribution in [0.5, 0.6) is 11.5 Å². The summed E-state index contributed by atoms with van der Waals surface area (Å²) in [6.45, 7) is 5.14. The van der Waals surface area contributed by atoms with E-state index in [1.165, 1.54) is 22.3 Å². The lowest BCUT2D eigenvalue weighted by atomic mass is 10.1. The van der Waals surface area contributed by atoms with Crippen LogP contribution in [-0.4, -0.2) is 65.4 Å². The predicted molar refractivity (Wildman–Crippen MR) is 136 cm³/mol. The number of nitrogens with one attached hydrogen (secondary N) is 1. The van der Waals surface area contributed by atoms with Crippen molar-refractivity contribution in [2.75, 3.05) is 33.4 Å². The van der Waals surface area contributed by atoms with E-state index < -0.39 is 5.91 Å². The predicted octanol–water partition coefficient (Wildman–Crippen LogP) is 3.49. The summed E-state index contributed by atoms with van der Waals surface area (Å²) in [4.78, 5) is 19.0. The van der Waals surface area contributed by atoms with Crippen molar-refractivity contribution in [3.05, 3.63) is 64.7 Å². The molecule has 0 aromatic heterocycles. The Morgan fingerprint density at radius 2 is 1.97 bits per heavy atom. The Bertz CT molecular complexity index is 1270. The topological polar surface area (TPSA) is 99.8 Å². The number of hydrogen-bond acceptors (Lipinski definition) is 8. The van der Waals surface area contributed by atoms with E-state index in [-0.39, 0.29) is 11.4 Å². The first-order valence-corrected chi connectivity index (χ1v) is 12.0. The average molecular weight is 492 g/mol. The van der Waals surface area contributed by atoms with Gasteiger partial charge in [-0.1, -0.05) is 35.9 Å². The van der Waals surface area contributed by atoms with Crippen LogP contribution in [0.3, 0.4) is 0 Å². The largest absolute Gasteiger partial charge is 0.493 e. The molecule has 5 rings (SSSR count). The Morgan fingerprint density at radius 3 is 2.74 bits per heavy atom. The molecule has 0 spiro atoms. The number of morpholine rings is 1.